The van der Waals surface area contributed by atoms with E-state index in [0.29, 0.717) is 17.0 Å². The van der Waals surface area contributed by atoms with E-state index in [1.54, 1.807) is 6.92 Å². The molecule has 0 radical (unpaired) electrons. The first-order valence-electron chi connectivity index (χ1n) is 8.79. The third kappa shape index (κ3) is 5.38. The second-order valence-corrected chi connectivity index (χ2v) is 7.07. The Balaban J connectivity index is 2.08. The number of nitro benzene ring substituents is 1. The van der Waals surface area contributed by atoms with Gasteiger partial charge in [-0.25, -0.2) is 9.59 Å². The minimum atomic E-state index is -0.869. The fourth-order valence-corrected chi connectivity index (χ4v) is 3.78. The molecule has 9 nitrogen and oxygen atoms in total. The van der Waals surface area contributed by atoms with Gasteiger partial charge in [0.2, 0.25) is 0 Å². The fourth-order valence-electron chi connectivity index (χ4n) is 2.64. The Labute approximate surface area is 170 Å². The van der Waals surface area contributed by atoms with Crippen molar-refractivity contribution in [3.05, 3.63) is 55.9 Å². The van der Waals surface area contributed by atoms with Gasteiger partial charge in [0.25, 0.3) is 11.6 Å². The van der Waals surface area contributed by atoms with Crippen LogP contribution in [0.25, 0.3) is 0 Å². The number of anilines is 1. The van der Waals surface area contributed by atoms with Crippen LogP contribution in [0, 0.1) is 17.0 Å². The predicted octanol–water partition coefficient (Wildman–Crippen LogP) is 3.50. The maximum absolute atomic E-state index is 12.3. The molecule has 29 heavy (non-hydrogen) atoms. The van der Waals surface area contributed by atoms with Crippen LogP contribution < -0.4 is 5.32 Å². The minimum absolute atomic E-state index is 0.0422. The molecular weight excluding hydrogens is 400 g/mol. The number of hydrogen-bond acceptors (Lipinski definition) is 8. The predicted molar refractivity (Wildman–Crippen MR) is 106 cm³/mol. The number of aryl methyl sites for hydroxylation is 1. The molecule has 1 N–H and O–H groups in total. The molecule has 154 valence electrons. The average Bonchev–Trinajstić information content (AvgIpc) is 3.01. The molecule has 1 aromatic carbocycles. The smallest absolute Gasteiger partial charge is 0.341 e. The number of thiophene rings is 1. The summed E-state index contributed by atoms with van der Waals surface area (Å²) in [5.41, 5.74) is 0.788. The SMILES string of the molecule is CCOC(=O)c1c(NC(=O)COC(=O)c2cccc([N+](=O)[O-])c2)sc(C)c1CC. The molecule has 0 spiro atoms. The van der Waals surface area contributed by atoms with Gasteiger partial charge in [0.1, 0.15) is 5.00 Å². The summed E-state index contributed by atoms with van der Waals surface area (Å²) < 4.78 is 9.99. The lowest BCUT2D eigenvalue weighted by Gasteiger charge is -2.08. The van der Waals surface area contributed by atoms with E-state index in [-0.39, 0.29) is 17.9 Å². The Kier molecular flexibility index (Phi) is 7.43. The lowest BCUT2D eigenvalue weighted by atomic mass is 10.1. The van der Waals surface area contributed by atoms with E-state index in [9.17, 15) is 24.5 Å². The first kappa shape index (κ1) is 22.0. The first-order valence-corrected chi connectivity index (χ1v) is 9.60. The second kappa shape index (κ2) is 9.78. The van der Waals surface area contributed by atoms with Crippen molar-refractivity contribution in [1.29, 1.82) is 0 Å². The molecule has 10 heteroatoms. The summed E-state index contributed by atoms with van der Waals surface area (Å²) in [6.45, 7) is 5.01. The van der Waals surface area contributed by atoms with E-state index in [4.69, 9.17) is 9.47 Å². The van der Waals surface area contributed by atoms with Crippen LogP contribution in [-0.4, -0.2) is 36.0 Å². The van der Waals surface area contributed by atoms with Gasteiger partial charge in [-0.1, -0.05) is 13.0 Å². The molecule has 0 atom stereocenters. The Morgan fingerprint density at radius 2 is 1.90 bits per heavy atom. The fraction of sp³-hybridized carbons (Fsp3) is 0.316. The summed E-state index contributed by atoms with van der Waals surface area (Å²) in [5, 5.41) is 13.7. The van der Waals surface area contributed by atoms with Crippen molar-refractivity contribution in [2.24, 2.45) is 0 Å². The number of carbonyl (C=O) groups excluding carboxylic acids is 3. The van der Waals surface area contributed by atoms with Gasteiger partial charge in [0, 0.05) is 17.0 Å². The summed E-state index contributed by atoms with van der Waals surface area (Å²) in [6, 6.07) is 5.00. The van der Waals surface area contributed by atoms with Crippen LogP contribution in [0.4, 0.5) is 10.7 Å². The molecule has 0 fully saturated rings. The number of rotatable bonds is 8. The van der Waals surface area contributed by atoms with Gasteiger partial charge < -0.3 is 14.8 Å². The molecule has 0 saturated heterocycles. The van der Waals surface area contributed by atoms with Gasteiger partial charge in [-0.3, -0.25) is 14.9 Å². The largest absolute Gasteiger partial charge is 0.462 e. The van der Waals surface area contributed by atoms with Gasteiger partial charge >= 0.3 is 11.9 Å². The van der Waals surface area contributed by atoms with Crippen molar-refractivity contribution in [1.82, 2.24) is 0 Å². The van der Waals surface area contributed by atoms with E-state index in [1.165, 1.54) is 29.5 Å². The summed E-state index contributed by atoms with van der Waals surface area (Å²) >= 11 is 1.24. The number of esters is 2. The number of benzene rings is 1. The average molecular weight is 420 g/mol. The minimum Gasteiger partial charge on any atom is -0.462 e. The van der Waals surface area contributed by atoms with Gasteiger partial charge in [-0.15, -0.1) is 11.3 Å². The highest BCUT2D eigenvalue weighted by Crippen LogP contribution is 2.34. The number of carbonyl (C=O) groups is 3. The lowest BCUT2D eigenvalue weighted by molar-refractivity contribution is -0.384. The van der Waals surface area contributed by atoms with Crippen LogP contribution in [0.5, 0.6) is 0 Å². The molecule has 1 heterocycles. The van der Waals surface area contributed by atoms with Crippen molar-refractivity contribution >= 4 is 39.9 Å². The van der Waals surface area contributed by atoms with Crippen LogP contribution in [0.3, 0.4) is 0 Å². The van der Waals surface area contributed by atoms with E-state index in [0.717, 1.165) is 16.5 Å². The number of nitrogens with one attached hydrogen (secondary N) is 1. The van der Waals surface area contributed by atoms with Crippen molar-refractivity contribution in [2.75, 3.05) is 18.5 Å². The lowest BCUT2D eigenvalue weighted by Crippen LogP contribution is -2.22. The molecular formula is C19H20N2O7S. The van der Waals surface area contributed by atoms with E-state index in [1.807, 2.05) is 13.8 Å². The molecule has 1 aromatic heterocycles. The van der Waals surface area contributed by atoms with Crippen LogP contribution in [-0.2, 0) is 20.7 Å². The maximum Gasteiger partial charge on any atom is 0.341 e. The summed E-state index contributed by atoms with van der Waals surface area (Å²) in [6.07, 6.45) is 0.591. The molecule has 1 amide bonds. The van der Waals surface area contributed by atoms with Gasteiger partial charge in [-0.05, 0) is 31.9 Å². The zero-order valence-electron chi connectivity index (χ0n) is 16.1. The van der Waals surface area contributed by atoms with Crippen LogP contribution in [0.1, 0.15) is 45.0 Å². The normalized spacial score (nSPS) is 10.3. The van der Waals surface area contributed by atoms with Crippen LogP contribution in [0.15, 0.2) is 24.3 Å². The van der Waals surface area contributed by atoms with Gasteiger partial charge in [0.15, 0.2) is 6.61 Å². The monoisotopic (exact) mass is 420 g/mol. The summed E-state index contributed by atoms with van der Waals surface area (Å²) in [5.74, 6) is -2.04. The number of non-ortho nitro benzene ring substituents is 1. The molecule has 2 aromatic rings. The standard InChI is InChI=1S/C19H20N2O7S/c1-4-14-11(3)29-17(16(14)19(24)27-5-2)20-15(22)10-28-18(23)12-7-6-8-13(9-12)21(25)26/h6-9H,4-5,10H2,1-3H3,(H,20,22). The topological polar surface area (TPSA) is 125 Å². The van der Waals surface area contributed by atoms with E-state index >= 15 is 0 Å². The number of nitrogens with zero attached hydrogens (tertiary/aromatic N) is 1. The third-order valence-corrected chi connectivity index (χ3v) is 4.98. The summed E-state index contributed by atoms with van der Waals surface area (Å²) in [4.78, 5) is 47.6. The Morgan fingerprint density at radius 1 is 1.17 bits per heavy atom. The highest BCUT2D eigenvalue weighted by molar-refractivity contribution is 7.16. The number of amides is 1. The zero-order chi connectivity index (χ0) is 21.6. The molecule has 0 bridgehead atoms. The van der Waals surface area contributed by atoms with Crippen LogP contribution >= 0.6 is 11.3 Å². The molecule has 0 aliphatic carbocycles. The maximum atomic E-state index is 12.3. The molecule has 0 aliphatic rings. The molecule has 0 unspecified atom stereocenters. The van der Waals surface area contributed by atoms with Crippen LogP contribution in [0.2, 0.25) is 0 Å². The Bertz CT molecular complexity index is 952. The number of ether oxygens (including phenoxy) is 2. The number of hydrogen-bond donors (Lipinski definition) is 1. The Morgan fingerprint density at radius 3 is 2.52 bits per heavy atom. The molecule has 0 aliphatic heterocycles. The van der Waals surface area contributed by atoms with Crippen molar-refractivity contribution < 1.29 is 28.8 Å². The first-order chi connectivity index (χ1) is 13.8. The van der Waals surface area contributed by atoms with E-state index < -0.39 is 29.4 Å². The van der Waals surface area contributed by atoms with Gasteiger partial charge in [-0.2, -0.15) is 0 Å². The van der Waals surface area contributed by atoms with Crippen molar-refractivity contribution in [2.45, 2.75) is 27.2 Å². The quantitative estimate of drug-likeness (QED) is 0.393. The molecule has 0 saturated carbocycles. The second-order valence-electron chi connectivity index (χ2n) is 5.85. The van der Waals surface area contributed by atoms with E-state index in [2.05, 4.69) is 5.32 Å². The zero-order valence-corrected chi connectivity index (χ0v) is 17.0. The van der Waals surface area contributed by atoms with Gasteiger partial charge in [0.05, 0.1) is 22.7 Å². The summed E-state index contributed by atoms with van der Waals surface area (Å²) in [7, 11) is 0. The van der Waals surface area contributed by atoms with Crippen molar-refractivity contribution in [3.63, 3.8) is 0 Å². The molecule has 2 rings (SSSR count). The van der Waals surface area contributed by atoms with Crippen molar-refractivity contribution in [3.8, 4) is 0 Å². The highest BCUT2D eigenvalue weighted by atomic mass is 32.1. The number of nitro groups is 1. The Hall–Kier alpha value is -3.27. The highest BCUT2D eigenvalue weighted by Gasteiger charge is 2.24. The third-order valence-electron chi connectivity index (χ3n) is 3.92.